The molecule has 0 unspecified atom stereocenters. The Bertz CT molecular complexity index is 2830. The molecule has 0 spiro atoms. The van der Waals surface area contributed by atoms with Gasteiger partial charge in [-0.05, 0) is 68.4 Å². The van der Waals surface area contributed by atoms with Crippen molar-refractivity contribution in [2.24, 2.45) is 0 Å². The van der Waals surface area contributed by atoms with Gasteiger partial charge in [0.2, 0.25) is 0 Å². The van der Waals surface area contributed by atoms with E-state index in [4.69, 9.17) is 19.9 Å². The molecule has 0 atom stereocenters. The normalized spacial score (nSPS) is 11.5. The molecule has 5 heteroatoms. The first-order valence-corrected chi connectivity index (χ1v) is 17.8. The Kier molecular flexibility index (Phi) is 6.96. The Hall–Kier alpha value is -6.56. The van der Waals surface area contributed by atoms with E-state index >= 15 is 0 Å². The average molecular weight is 669 g/mol. The largest absolute Gasteiger partial charge is 0.235 e. The van der Waals surface area contributed by atoms with Crippen LogP contribution in [0.15, 0.2) is 170 Å². The molecule has 0 fully saturated rings. The second-order valence-corrected chi connectivity index (χ2v) is 13.8. The van der Waals surface area contributed by atoms with Crippen LogP contribution in [0.2, 0.25) is 0 Å². The summed E-state index contributed by atoms with van der Waals surface area (Å²) in [6.07, 6.45) is 0. The van der Waals surface area contributed by atoms with Crippen molar-refractivity contribution >= 4 is 53.9 Å². The minimum Gasteiger partial charge on any atom is -0.235 e. The first-order valence-electron chi connectivity index (χ1n) is 17.0. The van der Waals surface area contributed by atoms with Gasteiger partial charge >= 0.3 is 0 Å². The standard InChI is InChI=1S/C46H28N4S/c1-2-11-32(12-3-1)46-47-42-40-28-36(20-19-31(40)23-24-41(42)51-46)35-15-8-16-37(27-35)43-48-44(38-21-17-29-9-4-6-13-33(29)25-38)50-45(49-43)39-22-18-30-10-5-7-14-34(30)26-39/h1-28H. The van der Waals surface area contributed by atoms with Crippen molar-refractivity contribution in [3.8, 4) is 55.9 Å². The summed E-state index contributed by atoms with van der Waals surface area (Å²) in [5.74, 6) is 1.92. The number of benzene rings is 8. The van der Waals surface area contributed by atoms with Crippen molar-refractivity contribution in [2.75, 3.05) is 0 Å². The molecule has 51 heavy (non-hydrogen) atoms. The highest BCUT2D eigenvalue weighted by molar-refractivity contribution is 7.21. The maximum absolute atomic E-state index is 5.12. The minimum atomic E-state index is 0.633. The summed E-state index contributed by atoms with van der Waals surface area (Å²) in [6, 6.07) is 59.4. The summed E-state index contributed by atoms with van der Waals surface area (Å²) < 4.78 is 1.18. The topological polar surface area (TPSA) is 51.6 Å². The van der Waals surface area contributed by atoms with Crippen LogP contribution in [0.5, 0.6) is 0 Å². The van der Waals surface area contributed by atoms with E-state index in [9.17, 15) is 0 Å². The van der Waals surface area contributed by atoms with Gasteiger partial charge in [-0.15, -0.1) is 11.3 Å². The molecule has 0 aliphatic rings. The average Bonchev–Trinajstić information content (AvgIpc) is 3.66. The molecule has 0 amide bonds. The van der Waals surface area contributed by atoms with Crippen LogP contribution in [0.3, 0.4) is 0 Å². The van der Waals surface area contributed by atoms with Gasteiger partial charge in [0.25, 0.3) is 0 Å². The molecular formula is C46H28N4S. The number of hydrogen-bond acceptors (Lipinski definition) is 5. The quantitative estimate of drug-likeness (QED) is 0.183. The third-order valence-corrected chi connectivity index (χ3v) is 10.6. The zero-order valence-electron chi connectivity index (χ0n) is 27.4. The summed E-state index contributed by atoms with van der Waals surface area (Å²) in [4.78, 5) is 20.4. The fourth-order valence-corrected chi connectivity index (χ4v) is 7.84. The van der Waals surface area contributed by atoms with Gasteiger partial charge in [0.15, 0.2) is 17.5 Å². The summed E-state index contributed by atoms with van der Waals surface area (Å²) in [5, 5.41) is 8.00. The molecule has 238 valence electrons. The van der Waals surface area contributed by atoms with Gasteiger partial charge in [-0.2, -0.15) is 0 Å². The predicted molar refractivity (Wildman–Crippen MR) is 213 cm³/mol. The van der Waals surface area contributed by atoms with E-state index in [2.05, 4.69) is 164 Å². The van der Waals surface area contributed by atoms with Gasteiger partial charge in [-0.1, -0.05) is 140 Å². The number of thiazole rings is 1. The molecule has 10 aromatic rings. The van der Waals surface area contributed by atoms with E-state index in [0.717, 1.165) is 60.1 Å². The molecular weight excluding hydrogens is 641 g/mol. The van der Waals surface area contributed by atoms with E-state index < -0.39 is 0 Å². The molecule has 4 nitrogen and oxygen atoms in total. The first-order chi connectivity index (χ1) is 25.2. The predicted octanol–water partition coefficient (Wildman–Crippen LogP) is 12.3. The molecule has 0 aliphatic carbocycles. The van der Waals surface area contributed by atoms with Crippen LogP contribution in [0.25, 0.3) is 98.4 Å². The summed E-state index contributed by atoms with van der Waals surface area (Å²) in [5.41, 5.74) is 7.21. The van der Waals surface area contributed by atoms with Crippen LogP contribution in [-0.2, 0) is 0 Å². The number of rotatable bonds is 5. The second kappa shape index (κ2) is 12.1. The highest BCUT2D eigenvalue weighted by Crippen LogP contribution is 2.37. The van der Waals surface area contributed by atoms with Crippen LogP contribution in [0, 0.1) is 0 Å². The Morgan fingerprint density at radius 3 is 1.47 bits per heavy atom. The third kappa shape index (κ3) is 5.41. The van der Waals surface area contributed by atoms with Crippen molar-refractivity contribution in [1.29, 1.82) is 0 Å². The van der Waals surface area contributed by atoms with E-state index in [1.807, 2.05) is 6.07 Å². The smallest absolute Gasteiger partial charge is 0.164 e. The molecule has 0 saturated heterocycles. The van der Waals surface area contributed by atoms with Crippen molar-refractivity contribution < 1.29 is 0 Å². The van der Waals surface area contributed by atoms with E-state index in [-0.39, 0.29) is 0 Å². The number of fused-ring (bicyclic) bond motifs is 5. The molecule has 0 radical (unpaired) electrons. The summed E-state index contributed by atoms with van der Waals surface area (Å²) >= 11 is 1.73. The Morgan fingerprint density at radius 2 is 0.804 bits per heavy atom. The van der Waals surface area contributed by atoms with Gasteiger partial charge in [0.05, 0.1) is 10.2 Å². The molecule has 0 saturated carbocycles. The lowest BCUT2D eigenvalue weighted by Gasteiger charge is -2.11. The highest BCUT2D eigenvalue weighted by atomic mass is 32.1. The molecule has 0 aliphatic heterocycles. The monoisotopic (exact) mass is 668 g/mol. The van der Waals surface area contributed by atoms with E-state index in [1.54, 1.807) is 11.3 Å². The number of nitrogens with zero attached hydrogens (tertiary/aromatic N) is 4. The van der Waals surface area contributed by atoms with Gasteiger partial charge < -0.3 is 0 Å². The maximum Gasteiger partial charge on any atom is 0.164 e. The summed E-state index contributed by atoms with van der Waals surface area (Å²) in [7, 11) is 0. The second-order valence-electron chi connectivity index (χ2n) is 12.7. The Balaban J connectivity index is 1.10. The van der Waals surface area contributed by atoms with Gasteiger partial charge in [-0.25, -0.2) is 19.9 Å². The fourth-order valence-electron chi connectivity index (χ4n) is 6.85. The Labute approximate surface area is 298 Å². The fraction of sp³-hybridized carbons (Fsp3) is 0. The number of hydrogen-bond donors (Lipinski definition) is 0. The van der Waals surface area contributed by atoms with E-state index in [1.165, 1.54) is 20.9 Å². The zero-order valence-corrected chi connectivity index (χ0v) is 28.2. The van der Waals surface area contributed by atoms with Crippen molar-refractivity contribution in [2.45, 2.75) is 0 Å². The first kappa shape index (κ1) is 29.4. The van der Waals surface area contributed by atoms with Gasteiger partial charge in [0, 0.05) is 27.6 Å². The number of aromatic nitrogens is 4. The molecule has 0 bridgehead atoms. The molecule has 0 N–H and O–H groups in total. The molecule has 10 rings (SSSR count). The zero-order chi connectivity index (χ0) is 33.7. The van der Waals surface area contributed by atoms with Crippen LogP contribution < -0.4 is 0 Å². The van der Waals surface area contributed by atoms with Crippen molar-refractivity contribution in [3.63, 3.8) is 0 Å². The lowest BCUT2D eigenvalue weighted by Crippen LogP contribution is -2.00. The van der Waals surface area contributed by atoms with Crippen LogP contribution in [0.4, 0.5) is 0 Å². The van der Waals surface area contributed by atoms with Crippen LogP contribution in [0.1, 0.15) is 0 Å². The minimum absolute atomic E-state index is 0.633. The van der Waals surface area contributed by atoms with E-state index in [0.29, 0.717) is 17.5 Å². The van der Waals surface area contributed by atoms with Gasteiger partial charge in [0.1, 0.15) is 5.01 Å². The van der Waals surface area contributed by atoms with Crippen LogP contribution in [-0.4, -0.2) is 19.9 Å². The SMILES string of the molecule is c1ccc(-c2nc3c(ccc4ccc(-c5cccc(-c6nc(-c7ccc8ccccc8c7)nc(-c7ccc8ccccc8c7)n6)c5)cc43)s2)cc1. The lowest BCUT2D eigenvalue weighted by molar-refractivity contribution is 1.08. The third-order valence-electron chi connectivity index (χ3n) is 9.50. The van der Waals surface area contributed by atoms with Crippen molar-refractivity contribution in [1.82, 2.24) is 19.9 Å². The highest BCUT2D eigenvalue weighted by Gasteiger charge is 2.15. The molecule has 2 aromatic heterocycles. The lowest BCUT2D eigenvalue weighted by atomic mass is 9.99. The van der Waals surface area contributed by atoms with Crippen LogP contribution >= 0.6 is 11.3 Å². The van der Waals surface area contributed by atoms with Crippen molar-refractivity contribution in [3.05, 3.63) is 170 Å². The molecule has 2 heterocycles. The Morgan fingerprint density at radius 1 is 0.314 bits per heavy atom. The maximum atomic E-state index is 5.12. The molecule has 8 aromatic carbocycles. The van der Waals surface area contributed by atoms with Gasteiger partial charge in [-0.3, -0.25) is 0 Å². The summed E-state index contributed by atoms with van der Waals surface area (Å²) in [6.45, 7) is 0.